The van der Waals surface area contributed by atoms with E-state index in [1.54, 1.807) is 4.57 Å². The van der Waals surface area contributed by atoms with Crippen molar-refractivity contribution in [1.82, 2.24) is 9.55 Å². The van der Waals surface area contributed by atoms with E-state index in [4.69, 9.17) is 16.3 Å². The summed E-state index contributed by atoms with van der Waals surface area (Å²) < 4.78 is 31.2. The minimum Gasteiger partial charge on any atom is -0.497 e. The number of hydrogen-bond donors (Lipinski definition) is 0. The van der Waals surface area contributed by atoms with Crippen LogP contribution in [-0.4, -0.2) is 36.6 Å². The summed E-state index contributed by atoms with van der Waals surface area (Å²) in [6, 6.07) is 5.86. The maximum absolute atomic E-state index is 12.3. The number of rotatable bonds is 7. The molecule has 2 rings (SSSR count). The maximum atomic E-state index is 12.3. The summed E-state index contributed by atoms with van der Waals surface area (Å²) in [4.78, 5) is 16.2. The molecule has 124 valence electrons. The van der Waals surface area contributed by atoms with Crippen LogP contribution in [0.25, 0.3) is 0 Å². The number of carbonyl (C=O) groups excluding carboxylic acids is 1. The van der Waals surface area contributed by atoms with Crippen molar-refractivity contribution in [2.24, 2.45) is 0 Å². The number of Topliss-reactive ketones (excluding diaryl/α,β-unsaturated/α-hetero) is 1. The zero-order valence-corrected chi connectivity index (χ0v) is 14.4. The molecule has 0 saturated heterocycles. The van der Waals surface area contributed by atoms with E-state index in [1.807, 2.05) is 6.92 Å². The third-order valence-corrected chi connectivity index (χ3v) is 5.27. The van der Waals surface area contributed by atoms with Gasteiger partial charge in [0.25, 0.3) is 0 Å². The van der Waals surface area contributed by atoms with Crippen LogP contribution in [0.4, 0.5) is 0 Å². The number of nitrogens with zero attached hydrogens (tertiary/aromatic N) is 2. The molecule has 8 heteroatoms. The molecule has 0 fully saturated rings. The van der Waals surface area contributed by atoms with E-state index in [-0.39, 0.29) is 15.7 Å². The number of benzene rings is 1. The standard InChI is InChI=1S/C15H17ClN2O4S/c1-3-8-18-10-17-14(15(18)16)13(19)9-23(20,21)12-6-4-11(22-2)5-7-12/h4-7,10H,3,8-9H2,1-2H3. The van der Waals surface area contributed by atoms with Crippen molar-refractivity contribution in [3.63, 3.8) is 0 Å². The zero-order valence-electron chi connectivity index (χ0n) is 12.8. The highest BCUT2D eigenvalue weighted by Crippen LogP contribution is 2.20. The molecule has 0 aliphatic heterocycles. The number of sulfone groups is 1. The van der Waals surface area contributed by atoms with E-state index in [9.17, 15) is 13.2 Å². The van der Waals surface area contributed by atoms with Crippen molar-refractivity contribution < 1.29 is 17.9 Å². The van der Waals surface area contributed by atoms with Gasteiger partial charge in [-0.1, -0.05) is 18.5 Å². The highest BCUT2D eigenvalue weighted by atomic mass is 35.5. The van der Waals surface area contributed by atoms with Crippen molar-refractivity contribution >= 4 is 27.2 Å². The van der Waals surface area contributed by atoms with E-state index in [2.05, 4.69) is 4.98 Å². The van der Waals surface area contributed by atoms with Crippen LogP contribution in [0.2, 0.25) is 5.15 Å². The first-order valence-corrected chi connectivity index (χ1v) is 9.02. The molecule has 23 heavy (non-hydrogen) atoms. The molecule has 2 aromatic rings. The molecular formula is C15H17ClN2O4S. The lowest BCUT2D eigenvalue weighted by Gasteiger charge is -2.05. The number of ether oxygens (including phenoxy) is 1. The monoisotopic (exact) mass is 356 g/mol. The van der Waals surface area contributed by atoms with Crippen LogP contribution in [0, 0.1) is 0 Å². The number of methoxy groups -OCH3 is 1. The molecule has 0 radical (unpaired) electrons. The van der Waals surface area contributed by atoms with Crippen molar-refractivity contribution in [3.05, 3.63) is 41.4 Å². The molecule has 1 aromatic heterocycles. The molecule has 1 aromatic carbocycles. The van der Waals surface area contributed by atoms with Crippen molar-refractivity contribution in [1.29, 1.82) is 0 Å². The van der Waals surface area contributed by atoms with E-state index >= 15 is 0 Å². The van der Waals surface area contributed by atoms with Gasteiger partial charge in [-0.05, 0) is 30.7 Å². The number of halogens is 1. The second kappa shape index (κ2) is 7.14. The second-order valence-corrected chi connectivity index (χ2v) is 7.28. The van der Waals surface area contributed by atoms with E-state index < -0.39 is 21.4 Å². The van der Waals surface area contributed by atoms with Crippen LogP contribution >= 0.6 is 11.6 Å². The van der Waals surface area contributed by atoms with Gasteiger partial charge in [0.1, 0.15) is 22.3 Å². The highest BCUT2D eigenvalue weighted by Gasteiger charge is 2.24. The first kappa shape index (κ1) is 17.5. The molecule has 6 nitrogen and oxygen atoms in total. The lowest BCUT2D eigenvalue weighted by atomic mass is 10.3. The first-order chi connectivity index (χ1) is 10.9. The van der Waals surface area contributed by atoms with Crippen LogP contribution < -0.4 is 4.74 Å². The Morgan fingerprint density at radius 3 is 2.52 bits per heavy atom. The smallest absolute Gasteiger partial charge is 0.199 e. The van der Waals surface area contributed by atoms with Crippen LogP contribution in [0.1, 0.15) is 23.8 Å². The number of aryl methyl sites for hydroxylation is 1. The van der Waals surface area contributed by atoms with Crippen LogP contribution in [0.3, 0.4) is 0 Å². The SMILES string of the molecule is CCCn1cnc(C(=O)CS(=O)(=O)c2ccc(OC)cc2)c1Cl. The number of ketones is 1. The van der Waals surface area contributed by atoms with E-state index in [0.717, 1.165) is 6.42 Å². The minimum atomic E-state index is -3.77. The molecule has 0 aliphatic rings. The summed E-state index contributed by atoms with van der Waals surface area (Å²) in [5.74, 6) is -0.764. The van der Waals surface area contributed by atoms with Crippen molar-refractivity contribution in [2.45, 2.75) is 24.8 Å². The van der Waals surface area contributed by atoms with E-state index in [0.29, 0.717) is 12.3 Å². The summed E-state index contributed by atoms with van der Waals surface area (Å²) in [5.41, 5.74) is -0.0165. The number of imidazole rings is 1. The summed E-state index contributed by atoms with van der Waals surface area (Å²) in [6.45, 7) is 2.58. The summed E-state index contributed by atoms with van der Waals surface area (Å²) in [5, 5.41) is 0.168. The summed E-state index contributed by atoms with van der Waals surface area (Å²) in [6.07, 6.45) is 2.27. The Hall–Kier alpha value is -1.86. The first-order valence-electron chi connectivity index (χ1n) is 6.99. The third-order valence-electron chi connectivity index (χ3n) is 3.24. The Morgan fingerprint density at radius 1 is 1.30 bits per heavy atom. The summed E-state index contributed by atoms with van der Waals surface area (Å²) >= 11 is 6.08. The van der Waals surface area contributed by atoms with Gasteiger partial charge in [0, 0.05) is 6.54 Å². The number of carbonyl (C=O) groups is 1. The van der Waals surface area contributed by atoms with Gasteiger partial charge in [0.2, 0.25) is 0 Å². The van der Waals surface area contributed by atoms with Crippen LogP contribution in [0.15, 0.2) is 35.5 Å². The Morgan fingerprint density at radius 2 is 1.96 bits per heavy atom. The van der Waals surface area contributed by atoms with Crippen molar-refractivity contribution in [2.75, 3.05) is 12.9 Å². The Bertz CT molecular complexity index is 797. The van der Waals surface area contributed by atoms with Gasteiger partial charge in [-0.2, -0.15) is 0 Å². The number of aromatic nitrogens is 2. The van der Waals surface area contributed by atoms with Gasteiger partial charge in [-0.15, -0.1) is 0 Å². The molecule has 0 saturated carbocycles. The Kier molecular flexibility index (Phi) is 5.43. The topological polar surface area (TPSA) is 78.3 Å². The molecule has 0 atom stereocenters. The molecule has 0 unspecified atom stereocenters. The van der Waals surface area contributed by atoms with E-state index in [1.165, 1.54) is 37.7 Å². The zero-order chi connectivity index (χ0) is 17.0. The van der Waals surface area contributed by atoms with Gasteiger partial charge in [-0.3, -0.25) is 4.79 Å². The van der Waals surface area contributed by atoms with Gasteiger partial charge >= 0.3 is 0 Å². The Labute approximate surface area is 140 Å². The largest absolute Gasteiger partial charge is 0.497 e. The fraction of sp³-hybridized carbons (Fsp3) is 0.333. The molecule has 1 heterocycles. The normalized spacial score (nSPS) is 11.4. The van der Waals surface area contributed by atoms with Crippen LogP contribution in [-0.2, 0) is 16.4 Å². The molecule has 0 spiro atoms. The van der Waals surface area contributed by atoms with Crippen molar-refractivity contribution in [3.8, 4) is 5.75 Å². The minimum absolute atomic E-state index is 0.0165. The fourth-order valence-electron chi connectivity index (χ4n) is 2.06. The van der Waals surface area contributed by atoms with Gasteiger partial charge in [-0.25, -0.2) is 13.4 Å². The molecule has 0 bridgehead atoms. The second-order valence-electron chi connectivity index (χ2n) is 4.94. The third kappa shape index (κ3) is 3.92. The van der Waals surface area contributed by atoms with Gasteiger partial charge in [0.05, 0.1) is 18.3 Å². The molecule has 0 N–H and O–H groups in total. The molecular weight excluding hydrogens is 340 g/mol. The highest BCUT2D eigenvalue weighted by molar-refractivity contribution is 7.92. The fourth-order valence-corrected chi connectivity index (χ4v) is 3.54. The van der Waals surface area contributed by atoms with Crippen LogP contribution in [0.5, 0.6) is 5.75 Å². The van der Waals surface area contributed by atoms with Gasteiger partial charge in [0.15, 0.2) is 15.6 Å². The lowest BCUT2D eigenvalue weighted by Crippen LogP contribution is -2.17. The molecule has 0 amide bonds. The summed E-state index contributed by atoms with van der Waals surface area (Å²) in [7, 11) is -2.28. The predicted octanol–water partition coefficient (Wildman–Crippen LogP) is 2.61. The average Bonchev–Trinajstić information content (AvgIpc) is 2.88. The predicted molar refractivity (Wildman–Crippen MR) is 86.9 cm³/mol. The number of hydrogen-bond acceptors (Lipinski definition) is 5. The maximum Gasteiger partial charge on any atom is 0.199 e. The lowest BCUT2D eigenvalue weighted by molar-refractivity contribution is 0.101. The average molecular weight is 357 g/mol. The van der Waals surface area contributed by atoms with Gasteiger partial charge < -0.3 is 9.30 Å². The Balaban J connectivity index is 2.21. The molecule has 0 aliphatic carbocycles. The quantitative estimate of drug-likeness (QED) is 0.712.